The average Bonchev–Trinajstić information content (AvgIpc) is 2.82. The molecule has 0 amide bonds. The number of fused-ring (bicyclic) bond motifs is 1. The predicted octanol–water partition coefficient (Wildman–Crippen LogP) is 5.35. The van der Waals surface area contributed by atoms with E-state index in [4.69, 9.17) is 14.9 Å². The van der Waals surface area contributed by atoms with E-state index >= 15 is 0 Å². The van der Waals surface area contributed by atoms with E-state index in [-0.39, 0.29) is 22.1 Å². The summed E-state index contributed by atoms with van der Waals surface area (Å²) in [5, 5.41) is 10.1. The molecule has 1 aliphatic rings. The summed E-state index contributed by atoms with van der Waals surface area (Å²) >= 11 is 0. The van der Waals surface area contributed by atoms with Crippen molar-refractivity contribution in [3.05, 3.63) is 88.1 Å². The van der Waals surface area contributed by atoms with Gasteiger partial charge in [0.1, 0.15) is 23.1 Å². The standard InChI is InChI=1S/C27H22N2O3/c1-31-22-13-12-20-24(30)23(17-8-10-19(11-9-17)27(29)14-5-15-27)25(18-6-3-2-4-7-18)32-26(20)21(22)16-28/h2-4,6-13H,5,14-15,29H2,1H3. The molecule has 0 radical (unpaired) electrons. The van der Waals surface area contributed by atoms with Crippen molar-refractivity contribution in [3.63, 3.8) is 0 Å². The van der Waals surface area contributed by atoms with Gasteiger partial charge in [0.15, 0.2) is 5.58 Å². The maximum atomic E-state index is 13.7. The largest absolute Gasteiger partial charge is 0.495 e. The first-order valence-electron chi connectivity index (χ1n) is 10.6. The molecular formula is C27H22N2O3. The number of nitriles is 1. The highest BCUT2D eigenvalue weighted by atomic mass is 16.5. The Bertz CT molecular complexity index is 1410. The van der Waals surface area contributed by atoms with Crippen molar-refractivity contribution in [2.75, 3.05) is 7.11 Å². The van der Waals surface area contributed by atoms with Crippen LogP contribution >= 0.6 is 0 Å². The molecule has 0 atom stereocenters. The smallest absolute Gasteiger partial charge is 0.201 e. The van der Waals surface area contributed by atoms with E-state index in [2.05, 4.69) is 6.07 Å². The molecule has 0 saturated heterocycles. The fourth-order valence-electron chi connectivity index (χ4n) is 4.39. The number of nitrogens with zero attached hydrogens (tertiary/aromatic N) is 1. The molecule has 0 spiro atoms. The van der Waals surface area contributed by atoms with Gasteiger partial charge in [-0.25, -0.2) is 0 Å². The van der Waals surface area contributed by atoms with Crippen molar-refractivity contribution in [1.82, 2.24) is 0 Å². The number of rotatable bonds is 4. The SMILES string of the molecule is COc1ccc2c(=O)c(-c3ccc(C4(N)CCC4)cc3)c(-c3ccccc3)oc2c1C#N. The third kappa shape index (κ3) is 3.08. The van der Waals surface area contributed by atoms with Crippen molar-refractivity contribution in [3.8, 4) is 34.3 Å². The summed E-state index contributed by atoms with van der Waals surface area (Å²) in [6, 6.07) is 22.7. The number of hydrogen-bond donors (Lipinski definition) is 1. The lowest BCUT2D eigenvalue weighted by Gasteiger charge is -2.38. The summed E-state index contributed by atoms with van der Waals surface area (Å²) in [5.41, 5.74) is 9.49. The molecule has 5 nitrogen and oxygen atoms in total. The van der Waals surface area contributed by atoms with Crippen molar-refractivity contribution in [2.45, 2.75) is 24.8 Å². The fraction of sp³-hybridized carbons (Fsp3) is 0.185. The molecule has 0 bridgehead atoms. The van der Waals surface area contributed by atoms with Crippen LogP contribution in [0.2, 0.25) is 0 Å². The molecule has 1 aromatic heterocycles. The molecule has 158 valence electrons. The zero-order chi connectivity index (χ0) is 22.3. The summed E-state index contributed by atoms with van der Waals surface area (Å²) in [6.45, 7) is 0. The van der Waals surface area contributed by atoms with Crippen molar-refractivity contribution >= 4 is 11.0 Å². The van der Waals surface area contributed by atoms with Crippen LogP contribution in [0.3, 0.4) is 0 Å². The second-order valence-corrected chi connectivity index (χ2v) is 8.22. The average molecular weight is 422 g/mol. The fourth-order valence-corrected chi connectivity index (χ4v) is 4.39. The zero-order valence-corrected chi connectivity index (χ0v) is 17.7. The molecule has 1 aliphatic carbocycles. The van der Waals surface area contributed by atoms with E-state index < -0.39 is 0 Å². The normalized spacial score (nSPS) is 14.5. The second-order valence-electron chi connectivity index (χ2n) is 8.22. The van der Waals surface area contributed by atoms with E-state index in [1.54, 1.807) is 12.1 Å². The Morgan fingerprint density at radius 3 is 2.31 bits per heavy atom. The number of nitrogens with two attached hydrogens (primary N) is 1. The number of methoxy groups -OCH3 is 1. The lowest BCUT2D eigenvalue weighted by atomic mass is 9.72. The van der Waals surface area contributed by atoms with Crippen LogP contribution in [-0.2, 0) is 5.54 Å². The first kappa shape index (κ1) is 20.0. The Labute approximate surface area is 185 Å². The summed E-state index contributed by atoms with van der Waals surface area (Å²) in [6.07, 6.45) is 3.08. The number of ether oxygens (including phenoxy) is 1. The first-order valence-corrected chi connectivity index (χ1v) is 10.6. The Morgan fingerprint density at radius 1 is 1.00 bits per heavy atom. The van der Waals surface area contributed by atoms with E-state index in [0.717, 1.165) is 36.0 Å². The highest BCUT2D eigenvalue weighted by Gasteiger charge is 2.34. The van der Waals surface area contributed by atoms with Crippen LogP contribution in [-0.4, -0.2) is 7.11 Å². The van der Waals surface area contributed by atoms with Gasteiger partial charge in [-0.3, -0.25) is 4.79 Å². The van der Waals surface area contributed by atoms with Gasteiger partial charge in [-0.1, -0.05) is 54.6 Å². The van der Waals surface area contributed by atoms with Gasteiger partial charge in [-0.2, -0.15) is 5.26 Å². The van der Waals surface area contributed by atoms with Crippen LogP contribution in [0.25, 0.3) is 33.4 Å². The van der Waals surface area contributed by atoms with Gasteiger partial charge < -0.3 is 14.9 Å². The van der Waals surface area contributed by atoms with E-state index in [1.165, 1.54) is 7.11 Å². The molecule has 32 heavy (non-hydrogen) atoms. The minimum absolute atomic E-state index is 0.192. The highest BCUT2D eigenvalue weighted by Crippen LogP contribution is 2.40. The van der Waals surface area contributed by atoms with Crippen molar-refractivity contribution in [2.24, 2.45) is 5.73 Å². The number of benzene rings is 3. The molecule has 0 unspecified atom stereocenters. The van der Waals surface area contributed by atoms with Gasteiger partial charge in [0, 0.05) is 11.1 Å². The summed E-state index contributed by atoms with van der Waals surface area (Å²) in [5.74, 6) is 0.791. The predicted molar refractivity (Wildman–Crippen MR) is 124 cm³/mol. The zero-order valence-electron chi connectivity index (χ0n) is 17.7. The molecular weight excluding hydrogens is 400 g/mol. The van der Waals surface area contributed by atoms with E-state index in [0.29, 0.717) is 22.5 Å². The maximum absolute atomic E-state index is 13.7. The number of hydrogen-bond acceptors (Lipinski definition) is 5. The van der Waals surface area contributed by atoms with Gasteiger partial charge in [0.2, 0.25) is 5.43 Å². The molecule has 3 aromatic carbocycles. The molecule has 2 N–H and O–H groups in total. The lowest BCUT2D eigenvalue weighted by molar-refractivity contribution is 0.253. The van der Waals surface area contributed by atoms with Gasteiger partial charge >= 0.3 is 0 Å². The first-order chi connectivity index (χ1) is 15.6. The summed E-state index contributed by atoms with van der Waals surface area (Å²) < 4.78 is 11.6. The van der Waals surface area contributed by atoms with Crippen molar-refractivity contribution < 1.29 is 9.15 Å². The van der Waals surface area contributed by atoms with E-state index in [9.17, 15) is 10.1 Å². The third-order valence-corrected chi connectivity index (χ3v) is 6.38. The monoisotopic (exact) mass is 422 g/mol. The molecule has 5 heteroatoms. The summed E-state index contributed by atoms with van der Waals surface area (Å²) in [7, 11) is 1.49. The Kier molecular flexibility index (Phi) is 4.80. The maximum Gasteiger partial charge on any atom is 0.201 e. The Hall–Kier alpha value is -3.88. The Morgan fingerprint density at radius 2 is 1.72 bits per heavy atom. The molecule has 4 aromatic rings. The molecule has 5 rings (SSSR count). The highest BCUT2D eigenvalue weighted by molar-refractivity contribution is 5.92. The van der Waals surface area contributed by atoms with Gasteiger partial charge in [-0.05, 0) is 42.5 Å². The van der Waals surface area contributed by atoms with Crippen LogP contribution in [0.1, 0.15) is 30.4 Å². The Balaban J connectivity index is 1.79. The molecule has 1 heterocycles. The molecule has 1 fully saturated rings. The third-order valence-electron chi connectivity index (χ3n) is 6.38. The van der Waals surface area contributed by atoms with Crippen molar-refractivity contribution in [1.29, 1.82) is 5.26 Å². The van der Waals surface area contributed by atoms with Crippen LogP contribution in [0.15, 0.2) is 75.9 Å². The van der Waals surface area contributed by atoms with Gasteiger partial charge in [0.25, 0.3) is 0 Å². The van der Waals surface area contributed by atoms with Crippen LogP contribution in [0, 0.1) is 11.3 Å². The quantitative estimate of drug-likeness (QED) is 0.479. The second kappa shape index (κ2) is 7.67. The van der Waals surface area contributed by atoms with Gasteiger partial charge in [0.05, 0.1) is 18.1 Å². The minimum atomic E-state index is -0.271. The van der Waals surface area contributed by atoms with Crippen LogP contribution in [0.4, 0.5) is 0 Å². The molecule has 1 saturated carbocycles. The van der Waals surface area contributed by atoms with Crippen LogP contribution < -0.4 is 15.9 Å². The van der Waals surface area contributed by atoms with E-state index in [1.807, 2.05) is 54.6 Å². The van der Waals surface area contributed by atoms with Gasteiger partial charge in [-0.15, -0.1) is 0 Å². The minimum Gasteiger partial charge on any atom is -0.495 e. The summed E-state index contributed by atoms with van der Waals surface area (Å²) in [4.78, 5) is 13.7. The molecule has 0 aliphatic heterocycles. The topological polar surface area (TPSA) is 89.2 Å². The lowest BCUT2D eigenvalue weighted by Crippen LogP contribution is -2.43. The van der Waals surface area contributed by atoms with Crippen LogP contribution in [0.5, 0.6) is 5.75 Å².